The van der Waals surface area contributed by atoms with Crippen LogP contribution in [0.25, 0.3) is 0 Å². The molecule has 1 fully saturated rings. The summed E-state index contributed by atoms with van der Waals surface area (Å²) in [4.78, 5) is 17.3. The maximum absolute atomic E-state index is 11.1. The second kappa shape index (κ2) is 8.24. The van der Waals surface area contributed by atoms with Crippen LogP contribution in [0.5, 0.6) is 0 Å². The predicted octanol–water partition coefficient (Wildman–Crippen LogP) is 0.472. The van der Waals surface area contributed by atoms with Crippen molar-refractivity contribution in [1.82, 2.24) is 15.5 Å². The van der Waals surface area contributed by atoms with Crippen LogP contribution >= 0.6 is 0 Å². The Morgan fingerprint density at radius 1 is 1.50 bits per heavy atom. The molecule has 16 heavy (non-hydrogen) atoms. The molecule has 1 aliphatic rings. The SMILES string of the molecule is CCC=NC(=O)NCCCN1CCNCC1. The number of carbonyl (C=O) groups excluding carboxylic acids is 1. The molecule has 1 saturated heterocycles. The average molecular weight is 226 g/mol. The number of urea groups is 1. The fourth-order valence-electron chi connectivity index (χ4n) is 1.65. The Morgan fingerprint density at radius 2 is 2.25 bits per heavy atom. The highest BCUT2D eigenvalue weighted by Crippen LogP contribution is 1.93. The topological polar surface area (TPSA) is 56.7 Å². The zero-order chi connectivity index (χ0) is 11.6. The predicted molar refractivity (Wildman–Crippen MR) is 66.1 cm³/mol. The van der Waals surface area contributed by atoms with Crippen molar-refractivity contribution in [2.24, 2.45) is 4.99 Å². The van der Waals surface area contributed by atoms with E-state index < -0.39 is 0 Å². The molecule has 0 bridgehead atoms. The van der Waals surface area contributed by atoms with E-state index in [4.69, 9.17) is 0 Å². The fraction of sp³-hybridized carbons (Fsp3) is 0.818. The molecule has 0 spiro atoms. The van der Waals surface area contributed by atoms with Crippen molar-refractivity contribution >= 4 is 12.2 Å². The van der Waals surface area contributed by atoms with Gasteiger partial charge in [-0.15, -0.1) is 0 Å². The first-order chi connectivity index (χ1) is 7.83. The lowest BCUT2D eigenvalue weighted by atomic mass is 10.3. The minimum atomic E-state index is -0.220. The summed E-state index contributed by atoms with van der Waals surface area (Å²) >= 11 is 0. The molecule has 5 heteroatoms. The lowest BCUT2D eigenvalue weighted by Crippen LogP contribution is -2.44. The molecule has 0 atom stereocenters. The van der Waals surface area contributed by atoms with Gasteiger partial charge in [0, 0.05) is 38.9 Å². The molecule has 1 heterocycles. The number of amides is 2. The summed E-state index contributed by atoms with van der Waals surface area (Å²) < 4.78 is 0. The highest BCUT2D eigenvalue weighted by atomic mass is 16.2. The summed E-state index contributed by atoms with van der Waals surface area (Å²) in [5.41, 5.74) is 0. The molecular formula is C11H22N4O. The van der Waals surface area contributed by atoms with Gasteiger partial charge in [-0.3, -0.25) is 0 Å². The van der Waals surface area contributed by atoms with Crippen LogP contribution < -0.4 is 10.6 Å². The van der Waals surface area contributed by atoms with Crippen LogP contribution in [0.15, 0.2) is 4.99 Å². The van der Waals surface area contributed by atoms with Gasteiger partial charge in [-0.05, 0) is 19.4 Å². The van der Waals surface area contributed by atoms with E-state index in [1.807, 2.05) is 6.92 Å². The van der Waals surface area contributed by atoms with Crippen molar-refractivity contribution in [2.45, 2.75) is 19.8 Å². The molecule has 0 aliphatic carbocycles. The third kappa shape index (κ3) is 5.82. The van der Waals surface area contributed by atoms with Crippen molar-refractivity contribution in [3.05, 3.63) is 0 Å². The molecule has 0 aromatic heterocycles. The Morgan fingerprint density at radius 3 is 2.94 bits per heavy atom. The largest absolute Gasteiger partial charge is 0.340 e. The van der Waals surface area contributed by atoms with Gasteiger partial charge in [0.05, 0.1) is 0 Å². The van der Waals surface area contributed by atoms with E-state index >= 15 is 0 Å². The summed E-state index contributed by atoms with van der Waals surface area (Å²) in [6, 6.07) is -0.220. The van der Waals surface area contributed by atoms with Gasteiger partial charge < -0.3 is 15.5 Å². The highest BCUT2D eigenvalue weighted by molar-refractivity contribution is 5.83. The molecule has 1 rings (SSSR count). The average Bonchev–Trinajstić information content (AvgIpc) is 2.33. The van der Waals surface area contributed by atoms with Crippen molar-refractivity contribution in [1.29, 1.82) is 0 Å². The van der Waals surface area contributed by atoms with Crippen molar-refractivity contribution in [3.63, 3.8) is 0 Å². The summed E-state index contributed by atoms with van der Waals surface area (Å²) in [5, 5.41) is 6.09. The van der Waals surface area contributed by atoms with Crippen LogP contribution in [0.1, 0.15) is 19.8 Å². The van der Waals surface area contributed by atoms with E-state index in [1.54, 1.807) is 6.21 Å². The van der Waals surface area contributed by atoms with E-state index in [0.29, 0.717) is 6.54 Å². The number of aliphatic imine (C=N–C) groups is 1. The molecule has 0 unspecified atom stereocenters. The smallest absolute Gasteiger partial charge is 0.336 e. The molecule has 1 aliphatic heterocycles. The summed E-state index contributed by atoms with van der Waals surface area (Å²) in [6.45, 7) is 8.11. The van der Waals surface area contributed by atoms with Crippen LogP contribution in [0.4, 0.5) is 4.79 Å². The van der Waals surface area contributed by atoms with Gasteiger partial charge in [0.15, 0.2) is 0 Å². The number of hydrogen-bond donors (Lipinski definition) is 2. The minimum Gasteiger partial charge on any atom is -0.336 e. The van der Waals surface area contributed by atoms with Gasteiger partial charge in [0.25, 0.3) is 0 Å². The van der Waals surface area contributed by atoms with Crippen molar-refractivity contribution in [3.8, 4) is 0 Å². The van der Waals surface area contributed by atoms with Gasteiger partial charge in [0.1, 0.15) is 0 Å². The van der Waals surface area contributed by atoms with E-state index in [2.05, 4.69) is 20.5 Å². The van der Waals surface area contributed by atoms with Crippen LogP contribution in [0.3, 0.4) is 0 Å². The van der Waals surface area contributed by atoms with Gasteiger partial charge in [0.2, 0.25) is 0 Å². The van der Waals surface area contributed by atoms with E-state index in [1.165, 1.54) is 0 Å². The summed E-state index contributed by atoms with van der Waals surface area (Å²) in [5.74, 6) is 0. The molecule has 0 radical (unpaired) electrons. The summed E-state index contributed by atoms with van der Waals surface area (Å²) in [7, 11) is 0. The number of nitrogens with zero attached hydrogens (tertiary/aromatic N) is 2. The van der Waals surface area contributed by atoms with Crippen LogP contribution in [0, 0.1) is 0 Å². The van der Waals surface area contributed by atoms with Crippen LogP contribution in [-0.2, 0) is 0 Å². The third-order valence-corrected chi connectivity index (χ3v) is 2.53. The Bertz CT molecular complexity index is 224. The zero-order valence-corrected chi connectivity index (χ0v) is 10.0. The van der Waals surface area contributed by atoms with E-state index in [9.17, 15) is 4.79 Å². The number of piperazine rings is 1. The Labute approximate surface area is 97.3 Å². The molecule has 0 aromatic carbocycles. The van der Waals surface area contributed by atoms with Crippen molar-refractivity contribution < 1.29 is 4.79 Å². The number of nitrogens with one attached hydrogen (secondary N) is 2. The van der Waals surface area contributed by atoms with Gasteiger partial charge in [-0.1, -0.05) is 6.92 Å². The minimum absolute atomic E-state index is 0.220. The normalized spacial score (nSPS) is 17.8. The maximum atomic E-state index is 11.1. The molecule has 0 aromatic rings. The second-order valence-electron chi connectivity index (χ2n) is 3.90. The highest BCUT2D eigenvalue weighted by Gasteiger charge is 2.08. The van der Waals surface area contributed by atoms with Gasteiger partial charge in [-0.25, -0.2) is 9.79 Å². The lowest BCUT2D eigenvalue weighted by Gasteiger charge is -2.26. The van der Waals surface area contributed by atoms with Crippen LogP contribution in [0.2, 0.25) is 0 Å². The van der Waals surface area contributed by atoms with Gasteiger partial charge >= 0.3 is 6.03 Å². The third-order valence-electron chi connectivity index (χ3n) is 2.53. The van der Waals surface area contributed by atoms with Gasteiger partial charge in [-0.2, -0.15) is 0 Å². The lowest BCUT2D eigenvalue weighted by molar-refractivity contribution is 0.233. The number of carbonyl (C=O) groups is 1. The van der Waals surface area contributed by atoms with Crippen molar-refractivity contribution in [2.75, 3.05) is 39.3 Å². The number of rotatable bonds is 5. The molecule has 92 valence electrons. The molecule has 5 nitrogen and oxygen atoms in total. The first-order valence-corrected chi connectivity index (χ1v) is 6.06. The quantitative estimate of drug-likeness (QED) is 0.529. The standard InChI is InChI=1S/C11H22N4O/c1-2-4-13-11(16)14-5-3-8-15-9-6-12-7-10-15/h4,12H,2-3,5-10H2,1H3,(H,14,16). The first-order valence-electron chi connectivity index (χ1n) is 6.06. The zero-order valence-electron chi connectivity index (χ0n) is 10.0. The molecule has 0 saturated carbocycles. The second-order valence-corrected chi connectivity index (χ2v) is 3.90. The van der Waals surface area contributed by atoms with E-state index in [-0.39, 0.29) is 6.03 Å². The first kappa shape index (κ1) is 13.1. The van der Waals surface area contributed by atoms with E-state index in [0.717, 1.165) is 45.6 Å². The van der Waals surface area contributed by atoms with Crippen LogP contribution in [-0.4, -0.2) is 56.4 Å². The molecular weight excluding hydrogens is 204 g/mol. The Kier molecular flexibility index (Phi) is 6.76. The molecule has 2 N–H and O–H groups in total. The summed E-state index contributed by atoms with van der Waals surface area (Å²) in [6.07, 6.45) is 3.42. The Balaban J connectivity index is 1.98. The monoisotopic (exact) mass is 226 g/mol. The maximum Gasteiger partial charge on any atom is 0.340 e. The Hall–Kier alpha value is -0.940. The number of hydrogen-bond acceptors (Lipinski definition) is 3. The fourth-order valence-corrected chi connectivity index (χ4v) is 1.65. The molecule has 2 amide bonds.